The number of guanidine groups is 1. The molecule has 5 nitrogen and oxygen atoms in total. The van der Waals surface area contributed by atoms with Crippen molar-refractivity contribution in [3.05, 3.63) is 59.7 Å². The summed E-state index contributed by atoms with van der Waals surface area (Å²) in [6.07, 6.45) is 1.03. The normalized spacial score (nSPS) is 15.2. The van der Waals surface area contributed by atoms with Crippen molar-refractivity contribution >= 4 is 41.3 Å². The Bertz CT molecular complexity index is 769. The molecule has 152 valence electrons. The summed E-state index contributed by atoms with van der Waals surface area (Å²) in [6, 6.07) is 16.9. The van der Waals surface area contributed by atoms with Crippen molar-refractivity contribution in [2.45, 2.75) is 20.3 Å². The van der Waals surface area contributed by atoms with Gasteiger partial charge in [0.05, 0.1) is 0 Å². The highest BCUT2D eigenvalue weighted by atomic mass is 127. The van der Waals surface area contributed by atoms with Crippen LogP contribution in [0.2, 0.25) is 0 Å². The average molecular weight is 493 g/mol. The summed E-state index contributed by atoms with van der Waals surface area (Å²) >= 11 is 0. The molecule has 1 saturated heterocycles. The quantitative estimate of drug-likeness (QED) is 0.278. The number of aryl methyl sites for hydroxylation is 2. The maximum atomic E-state index is 5.99. The molecule has 0 bridgehead atoms. The van der Waals surface area contributed by atoms with Crippen LogP contribution >= 0.6 is 24.0 Å². The molecule has 3 N–H and O–H groups in total. The van der Waals surface area contributed by atoms with Crippen LogP contribution in [0.25, 0.3) is 0 Å². The lowest BCUT2D eigenvalue weighted by molar-refractivity contribution is 0.256. The summed E-state index contributed by atoms with van der Waals surface area (Å²) in [4.78, 5) is 9.45. The van der Waals surface area contributed by atoms with Gasteiger partial charge < -0.3 is 16.0 Å². The van der Waals surface area contributed by atoms with Crippen LogP contribution < -0.4 is 16.0 Å². The summed E-state index contributed by atoms with van der Waals surface area (Å²) in [5.74, 6) is 0.491. The molecule has 0 unspecified atom stereocenters. The number of aliphatic imine (C=N–C) groups is 1. The van der Waals surface area contributed by atoms with Crippen molar-refractivity contribution in [2.24, 2.45) is 10.7 Å². The monoisotopic (exact) mass is 493 g/mol. The molecule has 0 saturated carbocycles. The van der Waals surface area contributed by atoms with Gasteiger partial charge in [0.1, 0.15) is 0 Å². The molecule has 1 aliphatic rings. The number of rotatable bonds is 6. The minimum Gasteiger partial charge on any atom is -0.370 e. The van der Waals surface area contributed by atoms with E-state index >= 15 is 0 Å². The number of nitrogens with two attached hydrogens (primary N) is 1. The van der Waals surface area contributed by atoms with E-state index in [9.17, 15) is 0 Å². The van der Waals surface area contributed by atoms with Gasteiger partial charge in [-0.25, -0.2) is 0 Å². The number of nitrogens with zero attached hydrogens (tertiary/aromatic N) is 3. The first-order valence-corrected chi connectivity index (χ1v) is 9.78. The first-order chi connectivity index (χ1) is 13.1. The van der Waals surface area contributed by atoms with Crippen LogP contribution in [0.5, 0.6) is 0 Å². The second kappa shape index (κ2) is 11.3. The van der Waals surface area contributed by atoms with E-state index in [4.69, 9.17) is 5.73 Å². The Morgan fingerprint density at radius 1 is 1.00 bits per heavy atom. The summed E-state index contributed by atoms with van der Waals surface area (Å²) in [5, 5.41) is 3.16. The minimum absolute atomic E-state index is 0. The maximum Gasteiger partial charge on any atom is 0.193 e. The molecule has 2 aromatic rings. The zero-order valence-corrected chi connectivity index (χ0v) is 19.2. The second-order valence-electron chi connectivity index (χ2n) is 7.28. The SMILES string of the molecule is Cc1cccc(NC(N)=NCCCN2CCN(c3cccc(C)c3)CC2)c1.I. The van der Waals surface area contributed by atoms with Crippen molar-refractivity contribution in [1.29, 1.82) is 0 Å². The average Bonchev–Trinajstić information content (AvgIpc) is 2.66. The Labute approximate surface area is 186 Å². The van der Waals surface area contributed by atoms with E-state index in [1.165, 1.54) is 16.8 Å². The van der Waals surface area contributed by atoms with Crippen LogP contribution in [0, 0.1) is 13.8 Å². The summed E-state index contributed by atoms with van der Waals surface area (Å²) in [6.45, 7) is 10.4. The van der Waals surface area contributed by atoms with Crippen molar-refractivity contribution in [2.75, 3.05) is 49.5 Å². The zero-order valence-electron chi connectivity index (χ0n) is 16.9. The lowest BCUT2D eigenvalue weighted by Crippen LogP contribution is -2.46. The van der Waals surface area contributed by atoms with Gasteiger partial charge >= 0.3 is 0 Å². The summed E-state index contributed by atoms with van der Waals surface area (Å²) in [7, 11) is 0. The third kappa shape index (κ3) is 6.98. The van der Waals surface area contributed by atoms with Crippen molar-refractivity contribution < 1.29 is 0 Å². The van der Waals surface area contributed by atoms with Crippen molar-refractivity contribution in [1.82, 2.24) is 4.90 Å². The predicted molar refractivity (Wildman–Crippen MR) is 131 cm³/mol. The first kappa shape index (κ1) is 22.5. The first-order valence-electron chi connectivity index (χ1n) is 9.78. The lowest BCUT2D eigenvalue weighted by Gasteiger charge is -2.36. The van der Waals surface area contributed by atoms with Crippen LogP contribution in [0.1, 0.15) is 17.5 Å². The predicted octanol–water partition coefficient (Wildman–Crippen LogP) is 3.86. The molecule has 0 aliphatic carbocycles. The maximum absolute atomic E-state index is 5.99. The van der Waals surface area contributed by atoms with Crippen LogP contribution in [-0.2, 0) is 0 Å². The molecule has 3 rings (SSSR count). The van der Waals surface area contributed by atoms with Crippen LogP contribution in [0.15, 0.2) is 53.5 Å². The molecule has 0 amide bonds. The summed E-state index contributed by atoms with van der Waals surface area (Å²) < 4.78 is 0. The highest BCUT2D eigenvalue weighted by Gasteiger charge is 2.16. The number of benzene rings is 2. The van der Waals surface area contributed by atoms with Gasteiger partial charge in [-0.1, -0.05) is 24.3 Å². The Hall–Kier alpha value is -1.80. The number of nitrogens with one attached hydrogen (secondary N) is 1. The molecule has 2 aromatic carbocycles. The van der Waals surface area contributed by atoms with Crippen LogP contribution in [-0.4, -0.2) is 50.1 Å². The van der Waals surface area contributed by atoms with E-state index in [0.29, 0.717) is 5.96 Å². The van der Waals surface area contributed by atoms with E-state index in [1.807, 2.05) is 12.1 Å². The molecule has 1 heterocycles. The highest BCUT2D eigenvalue weighted by Crippen LogP contribution is 2.17. The summed E-state index contributed by atoms with van der Waals surface area (Å²) in [5.41, 5.74) is 10.8. The van der Waals surface area contributed by atoms with Gasteiger partial charge in [0.2, 0.25) is 0 Å². The molecule has 1 aliphatic heterocycles. The minimum atomic E-state index is 0. The van der Waals surface area contributed by atoms with Crippen molar-refractivity contribution in [3.63, 3.8) is 0 Å². The number of anilines is 2. The van der Waals surface area contributed by atoms with Gasteiger partial charge in [-0.3, -0.25) is 9.89 Å². The van der Waals surface area contributed by atoms with Crippen LogP contribution in [0.3, 0.4) is 0 Å². The van der Waals surface area contributed by atoms with Crippen molar-refractivity contribution in [3.8, 4) is 0 Å². The molecule has 0 spiro atoms. The largest absolute Gasteiger partial charge is 0.370 e. The molecule has 1 fully saturated rings. The standard InChI is InChI=1S/C22H31N5.HI/c1-18-6-3-8-20(16-18)25-22(23)24-10-5-11-26-12-14-27(15-13-26)21-9-4-7-19(2)17-21;/h3-4,6-9,16-17H,5,10-15H2,1-2H3,(H3,23,24,25);1H. The molecule has 0 radical (unpaired) electrons. The van der Waals surface area contributed by atoms with E-state index in [2.05, 4.69) is 70.4 Å². The van der Waals surface area contributed by atoms with Crippen LogP contribution in [0.4, 0.5) is 11.4 Å². The van der Waals surface area contributed by atoms with Gasteiger partial charge in [0, 0.05) is 50.6 Å². The van der Waals surface area contributed by atoms with E-state index in [0.717, 1.165) is 51.4 Å². The van der Waals surface area contributed by atoms with Gasteiger partial charge in [0.15, 0.2) is 5.96 Å². The molecular formula is C22H32IN5. The third-order valence-electron chi connectivity index (χ3n) is 4.94. The highest BCUT2D eigenvalue weighted by molar-refractivity contribution is 14.0. The van der Waals surface area contributed by atoms with Gasteiger partial charge in [-0.2, -0.15) is 0 Å². The fourth-order valence-electron chi connectivity index (χ4n) is 3.46. The molecule has 0 aromatic heterocycles. The smallest absolute Gasteiger partial charge is 0.193 e. The van der Waals surface area contributed by atoms with E-state index < -0.39 is 0 Å². The lowest BCUT2D eigenvalue weighted by atomic mass is 10.2. The Balaban J connectivity index is 0.00000280. The van der Waals surface area contributed by atoms with E-state index in [-0.39, 0.29) is 24.0 Å². The van der Waals surface area contributed by atoms with Gasteiger partial charge in [-0.05, 0) is 55.7 Å². The number of halogens is 1. The Kier molecular flexibility index (Phi) is 9.05. The topological polar surface area (TPSA) is 56.9 Å². The van der Waals surface area contributed by atoms with Gasteiger partial charge in [-0.15, -0.1) is 24.0 Å². The Morgan fingerprint density at radius 2 is 1.68 bits per heavy atom. The fourth-order valence-corrected chi connectivity index (χ4v) is 3.46. The molecule has 28 heavy (non-hydrogen) atoms. The Morgan fingerprint density at radius 3 is 2.36 bits per heavy atom. The molecular weight excluding hydrogens is 461 g/mol. The molecule has 0 atom stereocenters. The van der Waals surface area contributed by atoms with E-state index in [1.54, 1.807) is 0 Å². The third-order valence-corrected chi connectivity index (χ3v) is 4.94. The second-order valence-corrected chi connectivity index (χ2v) is 7.28. The van der Waals surface area contributed by atoms with Gasteiger partial charge in [0.25, 0.3) is 0 Å². The zero-order chi connectivity index (χ0) is 19.1. The number of hydrogen-bond donors (Lipinski definition) is 2. The number of hydrogen-bond acceptors (Lipinski definition) is 3. The number of piperazine rings is 1. The molecule has 6 heteroatoms. The fraction of sp³-hybridized carbons (Fsp3) is 0.409.